The molecule has 0 radical (unpaired) electrons. The number of para-hydroxylation sites is 1. The van der Waals surface area contributed by atoms with Crippen LogP contribution < -0.4 is 15.5 Å². The van der Waals surface area contributed by atoms with E-state index in [1.54, 1.807) is 35.7 Å². The highest BCUT2D eigenvalue weighted by atomic mass is 35.5. The number of fused-ring (bicyclic) bond motifs is 8. The number of anilines is 3. The molecule has 378 valence electrons. The molecule has 1 saturated heterocycles. The maximum Gasteiger partial charge on any atom is 0.326 e. The number of rotatable bonds is 8. The van der Waals surface area contributed by atoms with E-state index >= 15 is 0 Å². The summed E-state index contributed by atoms with van der Waals surface area (Å²) in [6.07, 6.45) is 8.98. The van der Waals surface area contributed by atoms with Gasteiger partial charge in [-0.3, -0.25) is 24.0 Å². The number of urea groups is 1. The minimum atomic E-state index is -1.62. The number of amides is 3. The first-order valence-electron chi connectivity index (χ1n) is 24.5. The van der Waals surface area contributed by atoms with E-state index in [1.807, 2.05) is 37.8 Å². The number of aliphatic hydroxyl groups is 2. The second kappa shape index (κ2) is 20.7. The molecule has 11 rings (SSSR count). The molecule has 3 saturated carbocycles. The van der Waals surface area contributed by atoms with Gasteiger partial charge in [-0.05, 0) is 135 Å². The lowest BCUT2D eigenvalue weighted by Crippen LogP contribution is -2.60. The van der Waals surface area contributed by atoms with Crippen LogP contribution in [0.25, 0.3) is 0 Å². The van der Waals surface area contributed by atoms with Crippen LogP contribution in [0.4, 0.5) is 21.9 Å². The number of likely N-dealkylation sites (N-methyl/N-ethyl adjacent to an activating group) is 1. The molecule has 7 aliphatic rings. The van der Waals surface area contributed by atoms with Gasteiger partial charge in [-0.25, -0.2) is 9.69 Å². The summed E-state index contributed by atoms with van der Waals surface area (Å²) in [5.41, 5.74) is 6.65. The molecule has 0 spiro atoms. The lowest BCUT2D eigenvalue weighted by Gasteiger charge is -2.56. The molecule has 4 N–H and O–H groups in total. The van der Waals surface area contributed by atoms with Crippen LogP contribution in [0.1, 0.15) is 73.5 Å². The number of allylic oxidation sites excluding steroid dienone is 4. The minimum Gasteiger partial charge on any atom is -0.388 e. The maximum absolute atomic E-state index is 13.3. The van der Waals surface area contributed by atoms with Crippen molar-refractivity contribution in [2.75, 3.05) is 62.7 Å². The Kier molecular flexibility index (Phi) is 15.0. The molecule has 0 bridgehead atoms. The molecule has 4 heterocycles. The first-order chi connectivity index (χ1) is 34.4. The topological polar surface area (TPSA) is 182 Å². The van der Waals surface area contributed by atoms with E-state index in [0.717, 1.165) is 47.8 Å². The van der Waals surface area contributed by atoms with Crippen molar-refractivity contribution in [3.63, 3.8) is 0 Å². The van der Waals surface area contributed by atoms with Gasteiger partial charge in [-0.2, -0.15) is 0 Å². The summed E-state index contributed by atoms with van der Waals surface area (Å²) in [6.45, 7) is 10.1. The fourth-order valence-electron chi connectivity index (χ4n) is 12.6. The van der Waals surface area contributed by atoms with Gasteiger partial charge in [0.1, 0.15) is 23.9 Å². The van der Waals surface area contributed by atoms with Crippen LogP contribution in [-0.4, -0.2) is 114 Å². The molecule has 3 amide bonds. The first-order valence-corrected chi connectivity index (χ1v) is 26.9. The number of ketones is 4. The van der Waals surface area contributed by atoms with E-state index in [1.165, 1.54) is 70.8 Å². The first kappa shape index (κ1) is 51.9. The summed E-state index contributed by atoms with van der Waals surface area (Å²) in [4.78, 5) is 85.2. The van der Waals surface area contributed by atoms with Gasteiger partial charge in [-0.1, -0.05) is 78.7 Å². The SMILES string of the molecule is CN1CCN(CCCN2c3ccccc3Sc3ccc(Cl)cc32)CC1.C[C@]12C=CC(=O)C=C1CC[C@@H]1[C@@H]2C(=O)C[C@@]2(C)[C@H]1CC[C@]2(O)C(=O)CO.NC(=O)N1C(=O)C(C(=O)c2cccs2)c2cc(Cl)ccc21. The number of piperazine rings is 1. The van der Waals surface area contributed by atoms with Crippen molar-refractivity contribution in [2.45, 2.75) is 73.7 Å². The summed E-state index contributed by atoms with van der Waals surface area (Å²) >= 11 is 15.3. The molecule has 1 aromatic heterocycles. The number of imide groups is 1. The number of nitrogens with zero attached hydrogens (tertiary/aromatic N) is 4. The molecule has 3 aromatic carbocycles. The van der Waals surface area contributed by atoms with E-state index in [4.69, 9.17) is 28.9 Å². The highest BCUT2D eigenvalue weighted by molar-refractivity contribution is 7.99. The molecule has 4 aliphatic carbocycles. The average Bonchev–Trinajstić information content (AvgIpc) is 4.07. The van der Waals surface area contributed by atoms with E-state index in [0.29, 0.717) is 34.0 Å². The van der Waals surface area contributed by atoms with Crippen LogP contribution >= 0.6 is 46.3 Å². The number of benzene rings is 3. The standard InChI is InChI=1S/C21H26O5.C20H24ClN3S.C14H9ClN2O3S/c1-19-7-5-13(23)9-12(19)3-4-14-15-6-8-21(26,17(25)11-22)20(15,2)10-16(24)18(14)19;1-22-11-13-23(14-12-22)9-4-10-24-17-5-2-3-6-19(17)25-20-8-7-16(21)15-18(20)24;15-7-3-4-9-8(6-7)11(13(19)17(9)14(16)20)12(18)10-2-1-5-21-10/h5,7,9,14-15,18,22,26H,3-4,6,8,10-11H2,1-2H3;2-3,5-8,15H,4,9-14H2,1H3;1-6,11H,(H2,16,20)/t14-,15-,18+,19-,20-,21-;;/m0../s1. The zero-order valence-electron chi connectivity index (χ0n) is 40.5. The van der Waals surface area contributed by atoms with Crippen molar-refractivity contribution >= 4 is 98.4 Å². The van der Waals surface area contributed by atoms with E-state index < -0.39 is 46.7 Å². The second-order valence-electron chi connectivity index (χ2n) is 20.3. The Morgan fingerprint density at radius 2 is 1.58 bits per heavy atom. The van der Waals surface area contributed by atoms with Crippen molar-refractivity contribution < 1.29 is 39.0 Å². The van der Waals surface area contributed by atoms with Crippen molar-refractivity contribution in [3.8, 4) is 0 Å². The van der Waals surface area contributed by atoms with Gasteiger partial charge in [-0.15, -0.1) is 11.3 Å². The zero-order valence-corrected chi connectivity index (χ0v) is 43.7. The molecule has 7 atom stereocenters. The lowest BCUT2D eigenvalue weighted by atomic mass is 9.46. The highest BCUT2D eigenvalue weighted by Crippen LogP contribution is 2.66. The molecule has 4 fully saturated rings. The van der Waals surface area contributed by atoms with E-state index in [-0.39, 0.29) is 41.5 Å². The number of halogens is 2. The third kappa shape index (κ3) is 9.44. The molecule has 72 heavy (non-hydrogen) atoms. The quantitative estimate of drug-likeness (QED) is 0.113. The van der Waals surface area contributed by atoms with Crippen LogP contribution in [0, 0.1) is 28.6 Å². The van der Waals surface area contributed by atoms with Crippen molar-refractivity contribution in [1.29, 1.82) is 0 Å². The van der Waals surface area contributed by atoms with Gasteiger partial charge in [0.25, 0.3) is 5.91 Å². The molecule has 13 nitrogen and oxygen atoms in total. The summed E-state index contributed by atoms with van der Waals surface area (Å²) < 4.78 is 0. The van der Waals surface area contributed by atoms with Gasteiger partial charge in [0.05, 0.1) is 21.9 Å². The smallest absolute Gasteiger partial charge is 0.326 e. The van der Waals surface area contributed by atoms with Gasteiger partial charge in [0.15, 0.2) is 17.3 Å². The van der Waals surface area contributed by atoms with Crippen LogP contribution in [0.2, 0.25) is 10.0 Å². The largest absolute Gasteiger partial charge is 0.388 e. The second-order valence-corrected chi connectivity index (χ2v) is 23.2. The van der Waals surface area contributed by atoms with Crippen LogP contribution in [0.15, 0.2) is 112 Å². The number of hydrogen-bond acceptors (Lipinski definition) is 13. The Balaban J connectivity index is 0.000000134. The molecular formula is C55H59Cl2N5O8S2. The third-order valence-electron chi connectivity index (χ3n) is 16.3. The van der Waals surface area contributed by atoms with E-state index in [9.17, 15) is 39.0 Å². The predicted octanol–water partition coefficient (Wildman–Crippen LogP) is 9.14. The van der Waals surface area contributed by atoms with E-state index in [2.05, 4.69) is 58.1 Å². The Bertz CT molecular complexity index is 2890. The number of primary amides is 1. The fraction of sp³-hybridized carbons (Fsp3) is 0.418. The van der Waals surface area contributed by atoms with Gasteiger partial charge in [0.2, 0.25) is 0 Å². The normalized spacial score (nSPS) is 28.2. The van der Waals surface area contributed by atoms with Crippen molar-refractivity contribution in [1.82, 2.24) is 9.80 Å². The Labute approximate surface area is 438 Å². The number of thiophene rings is 1. The lowest BCUT2D eigenvalue weighted by molar-refractivity contribution is -0.168. The molecular weight excluding hydrogens is 994 g/mol. The van der Waals surface area contributed by atoms with Crippen molar-refractivity contribution in [3.05, 3.63) is 122 Å². The van der Waals surface area contributed by atoms with Gasteiger partial charge in [0, 0.05) is 75.7 Å². The predicted molar refractivity (Wildman–Crippen MR) is 282 cm³/mol. The average molecular weight is 1050 g/mol. The number of nitrogens with two attached hydrogens (primary N) is 1. The summed E-state index contributed by atoms with van der Waals surface area (Å²) in [5, 5.41) is 23.4. The van der Waals surface area contributed by atoms with Gasteiger partial charge >= 0.3 is 6.03 Å². The Morgan fingerprint density at radius 3 is 2.31 bits per heavy atom. The molecule has 17 heteroatoms. The highest BCUT2D eigenvalue weighted by Gasteiger charge is 2.68. The van der Waals surface area contributed by atoms with Gasteiger partial charge < -0.3 is 30.6 Å². The maximum atomic E-state index is 13.3. The third-order valence-corrected chi connectivity index (χ3v) is 18.8. The van der Waals surface area contributed by atoms with Crippen LogP contribution in [0.3, 0.4) is 0 Å². The summed E-state index contributed by atoms with van der Waals surface area (Å²) in [5.74, 6) is -2.67. The fourth-order valence-corrected chi connectivity index (χ4v) is 14.7. The minimum absolute atomic E-state index is 0.0206. The zero-order chi connectivity index (χ0) is 51.3. The number of carbonyl (C=O) groups excluding carboxylic acids is 6. The number of aliphatic hydroxyl groups excluding tert-OH is 1. The number of hydrogen-bond donors (Lipinski definition) is 3. The van der Waals surface area contributed by atoms with Crippen LogP contribution in [0.5, 0.6) is 0 Å². The van der Waals surface area contributed by atoms with Crippen molar-refractivity contribution in [2.24, 2.45) is 34.3 Å². The van der Waals surface area contributed by atoms with Crippen LogP contribution in [-0.2, 0) is 19.2 Å². The molecule has 3 aliphatic heterocycles. The molecule has 4 aromatic rings. The Hall–Kier alpha value is -4.97. The number of carbonyl (C=O) groups is 6. The molecule has 1 unspecified atom stereocenters. The summed E-state index contributed by atoms with van der Waals surface area (Å²) in [7, 11) is 2.21. The summed E-state index contributed by atoms with van der Waals surface area (Å²) in [6, 6.07) is 22.0. The monoisotopic (exact) mass is 1050 g/mol. The number of Topliss-reactive ketones (excluding diaryl/α,β-unsaturated/α-hetero) is 3. The Morgan fingerprint density at radius 1 is 0.861 bits per heavy atom.